The fourth-order valence-corrected chi connectivity index (χ4v) is 1.73. The number of allylic oxidation sites excluding steroid dienone is 3. The van der Waals surface area contributed by atoms with Gasteiger partial charge in [0.05, 0.1) is 6.42 Å². The normalized spacial score (nSPS) is 12.5. The highest BCUT2D eigenvalue weighted by Gasteiger charge is 2.16. The summed E-state index contributed by atoms with van der Waals surface area (Å²) in [6, 6.07) is 0. The van der Waals surface area contributed by atoms with Gasteiger partial charge in [-0.25, -0.2) is 0 Å². The van der Waals surface area contributed by atoms with Gasteiger partial charge in [0, 0.05) is 18.4 Å². The van der Waals surface area contributed by atoms with E-state index in [2.05, 4.69) is 0 Å². The van der Waals surface area contributed by atoms with Crippen molar-refractivity contribution >= 4 is 23.7 Å². The van der Waals surface area contributed by atoms with Gasteiger partial charge >= 0.3 is 17.9 Å². The maximum Gasteiger partial charge on any atom is 0.307 e. The lowest BCUT2D eigenvalue weighted by Gasteiger charge is -2.08. The average molecular weight is 312 g/mol. The summed E-state index contributed by atoms with van der Waals surface area (Å²) in [5.74, 6) is -3.73. The molecule has 0 rings (SSSR count). The Bertz CT molecular complexity index is 526. The molecular weight excluding hydrogens is 292 g/mol. The highest BCUT2D eigenvalue weighted by molar-refractivity contribution is 6.07. The number of carbonyl (C=O) groups excluding carboxylic acids is 1. The minimum absolute atomic E-state index is 0.0448. The monoisotopic (exact) mass is 312 g/mol. The molecule has 0 aliphatic heterocycles. The molecule has 0 aromatic heterocycles. The number of carbonyl (C=O) groups is 4. The van der Waals surface area contributed by atoms with Crippen molar-refractivity contribution in [2.75, 3.05) is 0 Å². The minimum atomic E-state index is -1.19. The topological polar surface area (TPSA) is 129 Å². The molecular formula is C15H20O7. The summed E-state index contributed by atoms with van der Waals surface area (Å²) in [5, 5.41) is 26.1. The van der Waals surface area contributed by atoms with Crippen molar-refractivity contribution in [3.8, 4) is 0 Å². The van der Waals surface area contributed by atoms with E-state index in [9.17, 15) is 19.2 Å². The molecule has 22 heavy (non-hydrogen) atoms. The Morgan fingerprint density at radius 2 is 1.27 bits per heavy atom. The van der Waals surface area contributed by atoms with Crippen LogP contribution in [0.4, 0.5) is 0 Å². The van der Waals surface area contributed by atoms with Crippen LogP contribution in [0.25, 0.3) is 0 Å². The Kier molecular flexibility index (Phi) is 8.44. The molecule has 7 nitrogen and oxygen atoms in total. The predicted molar refractivity (Wildman–Crippen MR) is 77.5 cm³/mol. The first-order valence-electron chi connectivity index (χ1n) is 6.69. The molecule has 0 atom stereocenters. The maximum absolute atomic E-state index is 12.1. The van der Waals surface area contributed by atoms with Crippen LogP contribution in [0.5, 0.6) is 0 Å². The molecule has 0 saturated carbocycles. The van der Waals surface area contributed by atoms with Crippen molar-refractivity contribution in [2.24, 2.45) is 0 Å². The average Bonchev–Trinajstić information content (AvgIpc) is 2.39. The van der Waals surface area contributed by atoms with E-state index in [0.717, 1.165) is 0 Å². The van der Waals surface area contributed by atoms with Crippen LogP contribution in [0, 0.1) is 0 Å². The van der Waals surface area contributed by atoms with Crippen LogP contribution in [0.1, 0.15) is 46.0 Å². The zero-order valence-electron chi connectivity index (χ0n) is 12.6. The lowest BCUT2D eigenvalue weighted by atomic mass is 9.96. The van der Waals surface area contributed by atoms with Gasteiger partial charge in [-0.15, -0.1) is 0 Å². The van der Waals surface area contributed by atoms with E-state index in [1.807, 2.05) is 0 Å². The third-order valence-electron chi connectivity index (χ3n) is 2.97. The Balaban J connectivity index is 5.16. The second-order valence-corrected chi connectivity index (χ2v) is 4.97. The summed E-state index contributed by atoms with van der Waals surface area (Å²) in [4.78, 5) is 44.0. The van der Waals surface area contributed by atoms with Gasteiger partial charge in [-0.1, -0.05) is 11.1 Å². The highest BCUT2D eigenvalue weighted by Crippen LogP contribution is 2.17. The summed E-state index contributed by atoms with van der Waals surface area (Å²) >= 11 is 0. The van der Waals surface area contributed by atoms with Gasteiger partial charge < -0.3 is 15.3 Å². The Hall–Kier alpha value is -2.44. The first kappa shape index (κ1) is 19.6. The molecule has 122 valence electrons. The molecule has 0 aliphatic carbocycles. The van der Waals surface area contributed by atoms with Crippen molar-refractivity contribution in [1.82, 2.24) is 0 Å². The Labute approximate surface area is 127 Å². The van der Waals surface area contributed by atoms with Gasteiger partial charge in [0.25, 0.3) is 0 Å². The van der Waals surface area contributed by atoms with Gasteiger partial charge in [0.2, 0.25) is 0 Å². The van der Waals surface area contributed by atoms with Crippen LogP contribution in [-0.4, -0.2) is 39.0 Å². The van der Waals surface area contributed by atoms with E-state index in [0.29, 0.717) is 11.1 Å². The maximum atomic E-state index is 12.1. The van der Waals surface area contributed by atoms with Crippen LogP contribution in [0.15, 0.2) is 22.8 Å². The summed E-state index contributed by atoms with van der Waals surface area (Å²) in [7, 11) is 0. The van der Waals surface area contributed by atoms with Crippen LogP contribution < -0.4 is 0 Å². The third kappa shape index (κ3) is 8.68. The van der Waals surface area contributed by atoms with Crippen molar-refractivity contribution in [3.63, 3.8) is 0 Å². The van der Waals surface area contributed by atoms with Gasteiger partial charge in [0.1, 0.15) is 0 Å². The first-order chi connectivity index (χ1) is 10.1. The molecule has 7 heteroatoms. The van der Waals surface area contributed by atoms with Gasteiger partial charge in [-0.05, 0) is 32.8 Å². The van der Waals surface area contributed by atoms with E-state index in [4.69, 9.17) is 15.3 Å². The molecule has 0 fully saturated rings. The minimum Gasteiger partial charge on any atom is -0.481 e. The quantitative estimate of drug-likeness (QED) is 0.526. The number of carboxylic acids is 3. The van der Waals surface area contributed by atoms with Gasteiger partial charge in [-0.2, -0.15) is 0 Å². The van der Waals surface area contributed by atoms with Crippen molar-refractivity contribution in [3.05, 3.63) is 22.8 Å². The Morgan fingerprint density at radius 3 is 1.73 bits per heavy atom. The molecule has 0 heterocycles. The van der Waals surface area contributed by atoms with Crippen molar-refractivity contribution in [1.29, 1.82) is 0 Å². The number of hydrogen-bond donors (Lipinski definition) is 3. The zero-order valence-corrected chi connectivity index (χ0v) is 12.6. The lowest BCUT2D eigenvalue weighted by Crippen LogP contribution is -2.09. The predicted octanol–water partition coefficient (Wildman–Crippen LogP) is 2.02. The molecule has 0 radical (unpaired) electrons. The molecule has 0 spiro atoms. The molecule has 0 unspecified atom stereocenters. The van der Waals surface area contributed by atoms with Crippen LogP contribution in [0.3, 0.4) is 0 Å². The van der Waals surface area contributed by atoms with Crippen LogP contribution in [-0.2, 0) is 19.2 Å². The summed E-state index contributed by atoms with van der Waals surface area (Å²) in [6.45, 7) is 3.12. The number of rotatable bonds is 10. The van der Waals surface area contributed by atoms with E-state index in [1.165, 1.54) is 13.0 Å². The third-order valence-corrected chi connectivity index (χ3v) is 2.97. The smallest absolute Gasteiger partial charge is 0.307 e. The molecule has 0 aromatic rings. The lowest BCUT2D eigenvalue weighted by molar-refractivity contribution is -0.138. The molecule has 0 bridgehead atoms. The van der Waals surface area contributed by atoms with Gasteiger partial charge in [-0.3, -0.25) is 19.2 Å². The van der Waals surface area contributed by atoms with Gasteiger partial charge in [0.15, 0.2) is 5.78 Å². The second kappa shape index (κ2) is 9.49. The molecule has 0 aromatic carbocycles. The molecule has 0 aliphatic rings. The van der Waals surface area contributed by atoms with Crippen LogP contribution >= 0.6 is 0 Å². The second-order valence-electron chi connectivity index (χ2n) is 4.97. The highest BCUT2D eigenvalue weighted by atomic mass is 16.4. The van der Waals surface area contributed by atoms with Crippen LogP contribution in [0.2, 0.25) is 0 Å². The summed E-state index contributed by atoms with van der Waals surface area (Å²) in [6.07, 6.45) is 0.690. The molecule has 0 amide bonds. The van der Waals surface area contributed by atoms with E-state index in [-0.39, 0.29) is 31.3 Å². The molecule has 3 N–H and O–H groups in total. The number of carboxylic acid groups (broad SMARTS) is 3. The fraction of sp³-hybridized carbons (Fsp3) is 0.467. The largest absolute Gasteiger partial charge is 0.481 e. The first-order valence-corrected chi connectivity index (χ1v) is 6.69. The number of aliphatic carboxylic acids is 3. The Morgan fingerprint density at radius 1 is 0.773 bits per heavy atom. The SMILES string of the molecule is C/C(=C/C(=O)/C(CC(=O)O)=C(\C)CCC(=O)O)CCC(=O)O. The number of hydrogen-bond acceptors (Lipinski definition) is 4. The zero-order chi connectivity index (χ0) is 17.3. The fourth-order valence-electron chi connectivity index (χ4n) is 1.73. The van der Waals surface area contributed by atoms with Crippen molar-refractivity contribution < 1.29 is 34.5 Å². The molecule has 0 saturated heterocycles. The standard InChI is InChI=1S/C15H20O7/c1-9(3-5-13(17)18)7-12(16)11(8-15(21)22)10(2)4-6-14(19)20/h7H,3-6,8H2,1-2H3,(H,17,18)(H,19,20)(H,21,22)/b9-7-,11-10+. The summed E-state index contributed by atoms with van der Waals surface area (Å²) < 4.78 is 0. The van der Waals surface area contributed by atoms with E-state index in [1.54, 1.807) is 6.92 Å². The van der Waals surface area contributed by atoms with Crippen molar-refractivity contribution in [2.45, 2.75) is 46.0 Å². The summed E-state index contributed by atoms with van der Waals surface area (Å²) in [5.41, 5.74) is 0.988. The number of ketones is 1. The van der Waals surface area contributed by atoms with E-state index < -0.39 is 30.1 Å². The van der Waals surface area contributed by atoms with E-state index >= 15 is 0 Å².